The Hall–Kier alpha value is -0.810. The van der Waals surface area contributed by atoms with Crippen LogP contribution in [-0.4, -0.2) is 42.5 Å². The molecular weight excluding hydrogens is 232 g/mol. The number of aliphatic hydroxyl groups is 1. The third-order valence-electron chi connectivity index (χ3n) is 3.98. The number of urea groups is 1. The van der Waals surface area contributed by atoms with Gasteiger partial charge in [-0.2, -0.15) is 0 Å². The van der Waals surface area contributed by atoms with Gasteiger partial charge in [-0.3, -0.25) is 0 Å². The minimum absolute atomic E-state index is 0.00315. The number of hydrogen-bond donors (Lipinski definition) is 3. The third kappa shape index (κ3) is 3.59. The molecule has 5 nitrogen and oxygen atoms in total. The zero-order valence-electron chi connectivity index (χ0n) is 11.1. The van der Waals surface area contributed by atoms with Crippen LogP contribution in [0.15, 0.2) is 0 Å². The minimum atomic E-state index is -0.464. The van der Waals surface area contributed by atoms with Crippen molar-refractivity contribution in [3.63, 3.8) is 0 Å². The molecule has 2 fully saturated rings. The van der Waals surface area contributed by atoms with Crippen molar-refractivity contribution in [1.29, 1.82) is 0 Å². The van der Waals surface area contributed by atoms with Crippen molar-refractivity contribution < 1.29 is 14.6 Å². The van der Waals surface area contributed by atoms with Gasteiger partial charge in [0.25, 0.3) is 0 Å². The van der Waals surface area contributed by atoms with E-state index in [1.54, 1.807) is 0 Å². The highest BCUT2D eigenvalue weighted by atomic mass is 16.5. The number of rotatable bonds is 6. The first-order chi connectivity index (χ1) is 8.64. The highest BCUT2D eigenvalue weighted by molar-refractivity contribution is 5.74. The summed E-state index contributed by atoms with van der Waals surface area (Å²) in [5.41, 5.74) is -0.464. The molecule has 104 valence electrons. The van der Waals surface area contributed by atoms with E-state index in [-0.39, 0.29) is 12.6 Å². The number of ether oxygens (including phenoxy) is 1. The average molecular weight is 256 g/mol. The van der Waals surface area contributed by atoms with Gasteiger partial charge >= 0.3 is 6.03 Å². The molecule has 1 aliphatic carbocycles. The highest BCUT2D eigenvalue weighted by Crippen LogP contribution is 2.39. The normalized spacial score (nSPS) is 26.7. The zero-order valence-corrected chi connectivity index (χ0v) is 11.1. The molecule has 5 heteroatoms. The van der Waals surface area contributed by atoms with Gasteiger partial charge in [0.1, 0.15) is 0 Å². The maximum absolute atomic E-state index is 11.7. The molecule has 0 bridgehead atoms. The molecular formula is C13H24N2O3. The molecule has 0 aromatic heterocycles. The van der Waals surface area contributed by atoms with Gasteiger partial charge in [-0.25, -0.2) is 4.79 Å². The standard InChI is InChI=1S/C13H24N2O3/c1-13(9-16,10-4-5-10)15-12(17)14-7-6-11-3-2-8-18-11/h10-11,16H,2-9H2,1H3,(H2,14,15,17)/t11-,13+/m0/s1. The van der Waals surface area contributed by atoms with Crippen molar-refractivity contribution in [2.24, 2.45) is 5.92 Å². The summed E-state index contributed by atoms with van der Waals surface area (Å²) < 4.78 is 5.49. The number of aliphatic hydroxyl groups excluding tert-OH is 1. The Bertz CT molecular complexity index is 288. The van der Waals surface area contributed by atoms with Gasteiger partial charge in [0, 0.05) is 13.2 Å². The van der Waals surface area contributed by atoms with Gasteiger partial charge < -0.3 is 20.5 Å². The van der Waals surface area contributed by atoms with E-state index in [0.29, 0.717) is 18.6 Å². The van der Waals surface area contributed by atoms with Crippen LogP contribution < -0.4 is 10.6 Å². The van der Waals surface area contributed by atoms with Crippen LogP contribution in [0, 0.1) is 5.92 Å². The summed E-state index contributed by atoms with van der Waals surface area (Å²) >= 11 is 0. The van der Waals surface area contributed by atoms with Gasteiger partial charge in [-0.05, 0) is 44.9 Å². The average Bonchev–Trinajstić information content (AvgIpc) is 3.09. The molecule has 1 saturated heterocycles. The van der Waals surface area contributed by atoms with Gasteiger partial charge in [0.2, 0.25) is 0 Å². The van der Waals surface area contributed by atoms with Crippen molar-refractivity contribution >= 4 is 6.03 Å². The molecule has 0 aromatic carbocycles. The molecule has 0 spiro atoms. The van der Waals surface area contributed by atoms with E-state index in [9.17, 15) is 9.90 Å². The number of amides is 2. The molecule has 18 heavy (non-hydrogen) atoms. The lowest BCUT2D eigenvalue weighted by Gasteiger charge is -2.28. The fourth-order valence-corrected chi connectivity index (χ4v) is 2.51. The predicted octanol–water partition coefficient (Wildman–Crippen LogP) is 1.02. The molecule has 1 aliphatic heterocycles. The molecule has 2 rings (SSSR count). The van der Waals surface area contributed by atoms with Crippen molar-refractivity contribution in [1.82, 2.24) is 10.6 Å². The van der Waals surface area contributed by atoms with E-state index < -0.39 is 5.54 Å². The van der Waals surface area contributed by atoms with Crippen LogP contribution in [0.1, 0.15) is 39.0 Å². The summed E-state index contributed by atoms with van der Waals surface area (Å²) in [6.07, 6.45) is 5.58. The van der Waals surface area contributed by atoms with E-state index in [2.05, 4.69) is 10.6 Å². The van der Waals surface area contributed by atoms with Crippen LogP contribution in [0.5, 0.6) is 0 Å². The molecule has 2 aliphatic rings. The summed E-state index contributed by atoms with van der Waals surface area (Å²) in [6, 6.07) is -0.184. The molecule has 2 amide bonds. The summed E-state index contributed by atoms with van der Waals surface area (Å²) in [5, 5.41) is 15.1. The number of carbonyl (C=O) groups is 1. The zero-order chi connectivity index (χ0) is 13.0. The Kier molecular flexibility index (Phi) is 4.45. The Morgan fingerprint density at radius 3 is 2.78 bits per heavy atom. The van der Waals surface area contributed by atoms with Crippen LogP contribution in [0.3, 0.4) is 0 Å². The van der Waals surface area contributed by atoms with Crippen molar-refractivity contribution in [3.8, 4) is 0 Å². The summed E-state index contributed by atoms with van der Waals surface area (Å²) in [6.45, 7) is 3.38. The maximum atomic E-state index is 11.7. The lowest BCUT2D eigenvalue weighted by molar-refractivity contribution is 0.104. The second-order valence-corrected chi connectivity index (χ2v) is 5.65. The monoisotopic (exact) mass is 256 g/mol. The smallest absolute Gasteiger partial charge is 0.315 e. The largest absolute Gasteiger partial charge is 0.394 e. The van der Waals surface area contributed by atoms with Crippen LogP contribution >= 0.6 is 0 Å². The molecule has 2 atom stereocenters. The lowest BCUT2D eigenvalue weighted by Crippen LogP contribution is -2.54. The van der Waals surface area contributed by atoms with Crippen molar-refractivity contribution in [2.45, 2.75) is 50.7 Å². The van der Waals surface area contributed by atoms with Crippen LogP contribution in [0.4, 0.5) is 4.79 Å². The second-order valence-electron chi connectivity index (χ2n) is 5.65. The van der Waals surface area contributed by atoms with E-state index in [0.717, 1.165) is 38.7 Å². The van der Waals surface area contributed by atoms with E-state index >= 15 is 0 Å². The Labute approximate surface area is 108 Å². The summed E-state index contributed by atoms with van der Waals surface area (Å²) in [4.78, 5) is 11.7. The molecule has 0 unspecified atom stereocenters. The number of carbonyl (C=O) groups excluding carboxylic acids is 1. The van der Waals surface area contributed by atoms with Gasteiger partial charge in [-0.15, -0.1) is 0 Å². The first-order valence-corrected chi connectivity index (χ1v) is 6.92. The first kappa shape index (κ1) is 13.6. The van der Waals surface area contributed by atoms with Crippen LogP contribution in [-0.2, 0) is 4.74 Å². The van der Waals surface area contributed by atoms with Crippen LogP contribution in [0.2, 0.25) is 0 Å². The van der Waals surface area contributed by atoms with Crippen molar-refractivity contribution in [2.75, 3.05) is 19.8 Å². The van der Waals surface area contributed by atoms with Gasteiger partial charge in [-0.1, -0.05) is 0 Å². The molecule has 1 heterocycles. The Morgan fingerprint density at radius 1 is 1.44 bits per heavy atom. The third-order valence-corrected chi connectivity index (χ3v) is 3.98. The first-order valence-electron chi connectivity index (χ1n) is 6.92. The molecule has 1 saturated carbocycles. The fraction of sp³-hybridized carbons (Fsp3) is 0.923. The van der Waals surface area contributed by atoms with Crippen molar-refractivity contribution in [3.05, 3.63) is 0 Å². The molecule has 3 N–H and O–H groups in total. The summed E-state index contributed by atoms with van der Waals surface area (Å²) in [5.74, 6) is 0.423. The quantitative estimate of drug-likeness (QED) is 0.664. The summed E-state index contributed by atoms with van der Waals surface area (Å²) in [7, 11) is 0. The van der Waals surface area contributed by atoms with E-state index in [4.69, 9.17) is 4.74 Å². The second kappa shape index (κ2) is 5.89. The predicted molar refractivity (Wildman–Crippen MR) is 68.3 cm³/mol. The van der Waals surface area contributed by atoms with E-state index in [1.807, 2.05) is 6.92 Å². The minimum Gasteiger partial charge on any atom is -0.394 e. The molecule has 0 aromatic rings. The molecule has 0 radical (unpaired) electrons. The topological polar surface area (TPSA) is 70.6 Å². The van der Waals surface area contributed by atoms with Crippen LogP contribution in [0.25, 0.3) is 0 Å². The highest BCUT2D eigenvalue weighted by Gasteiger charge is 2.42. The van der Waals surface area contributed by atoms with Gasteiger partial charge in [0.15, 0.2) is 0 Å². The number of nitrogens with one attached hydrogen (secondary N) is 2. The fourth-order valence-electron chi connectivity index (χ4n) is 2.51. The Morgan fingerprint density at radius 2 is 2.22 bits per heavy atom. The lowest BCUT2D eigenvalue weighted by atomic mass is 9.97. The van der Waals surface area contributed by atoms with Gasteiger partial charge in [0.05, 0.1) is 18.2 Å². The Balaban J connectivity index is 1.64. The SMILES string of the molecule is C[C@](CO)(NC(=O)NCC[C@@H]1CCCO1)C1CC1. The maximum Gasteiger partial charge on any atom is 0.315 e. The van der Waals surface area contributed by atoms with E-state index in [1.165, 1.54) is 0 Å². The number of hydrogen-bond acceptors (Lipinski definition) is 3.